The van der Waals surface area contributed by atoms with Crippen LogP contribution in [0.5, 0.6) is 0 Å². The summed E-state index contributed by atoms with van der Waals surface area (Å²) in [6.07, 6.45) is 8.99. The van der Waals surface area contributed by atoms with Crippen molar-refractivity contribution in [1.82, 2.24) is 0 Å². The van der Waals surface area contributed by atoms with Crippen molar-refractivity contribution in [3.63, 3.8) is 0 Å². The predicted molar refractivity (Wildman–Crippen MR) is 77.8 cm³/mol. The maximum absolute atomic E-state index is 9.32. The van der Waals surface area contributed by atoms with Gasteiger partial charge in [-0.1, -0.05) is 74.4 Å². The molecule has 1 aromatic carbocycles. The normalized spacial score (nSPS) is 7.82. The second-order valence-electron chi connectivity index (χ2n) is 2.75. The first-order chi connectivity index (χ1) is 8.26. The third-order valence-corrected chi connectivity index (χ3v) is 1.47. The third kappa shape index (κ3) is 16.5. The van der Waals surface area contributed by atoms with E-state index in [0.717, 1.165) is 6.29 Å². The molecule has 0 aliphatic rings. The second-order valence-corrected chi connectivity index (χ2v) is 2.75. The van der Waals surface area contributed by atoms with Crippen molar-refractivity contribution in [2.75, 3.05) is 0 Å². The lowest BCUT2D eigenvalue weighted by molar-refractivity contribution is -0.104. The minimum atomic E-state index is 0.750. The van der Waals surface area contributed by atoms with Gasteiger partial charge in [-0.2, -0.15) is 0 Å². The van der Waals surface area contributed by atoms with Crippen LogP contribution in [0, 0.1) is 0 Å². The Bertz CT molecular complexity index is 328. The Balaban J connectivity index is 0. The van der Waals surface area contributed by atoms with Crippen LogP contribution in [0.1, 0.15) is 12.5 Å². The highest BCUT2D eigenvalue weighted by Gasteiger charge is 1.75. The van der Waals surface area contributed by atoms with Crippen LogP contribution in [0.15, 0.2) is 74.4 Å². The summed E-state index contributed by atoms with van der Waals surface area (Å²) in [4.78, 5) is 9.32. The van der Waals surface area contributed by atoms with Crippen molar-refractivity contribution < 1.29 is 4.79 Å². The largest absolute Gasteiger partial charge is 0.299 e. The van der Waals surface area contributed by atoms with Crippen LogP contribution in [0.4, 0.5) is 0 Å². The van der Waals surface area contributed by atoms with Gasteiger partial charge in [0.05, 0.1) is 0 Å². The number of aldehydes is 1. The zero-order valence-corrected chi connectivity index (χ0v) is 10.4. The van der Waals surface area contributed by atoms with E-state index in [1.807, 2.05) is 36.4 Å². The van der Waals surface area contributed by atoms with Gasteiger partial charge in [-0.05, 0) is 18.6 Å². The molecule has 1 heteroatoms. The van der Waals surface area contributed by atoms with Crippen LogP contribution in [-0.4, -0.2) is 6.29 Å². The molecule has 1 nitrogen and oxygen atoms in total. The van der Waals surface area contributed by atoms with Gasteiger partial charge in [0.15, 0.2) is 0 Å². The van der Waals surface area contributed by atoms with Crippen LogP contribution in [0.3, 0.4) is 0 Å². The van der Waals surface area contributed by atoms with Crippen LogP contribution in [0.25, 0.3) is 6.08 Å². The lowest BCUT2D eigenvalue weighted by atomic mass is 10.2. The SMILES string of the molecule is C=CC=C.C=Cc1ccccc1.CC=CC=O. The first-order valence-corrected chi connectivity index (χ1v) is 5.24. The van der Waals surface area contributed by atoms with Gasteiger partial charge < -0.3 is 0 Å². The summed E-state index contributed by atoms with van der Waals surface area (Å²) in [7, 11) is 0. The molecule has 0 spiro atoms. The molecule has 0 amide bonds. The summed E-state index contributed by atoms with van der Waals surface area (Å²) in [6.45, 7) is 12.2. The van der Waals surface area contributed by atoms with Gasteiger partial charge >= 0.3 is 0 Å². The molecule has 17 heavy (non-hydrogen) atoms. The molecule has 0 saturated heterocycles. The lowest BCUT2D eigenvalue weighted by Gasteiger charge is -1.85. The fourth-order valence-electron chi connectivity index (χ4n) is 0.668. The Kier molecular flexibility index (Phi) is 16.5. The van der Waals surface area contributed by atoms with Gasteiger partial charge in [-0.3, -0.25) is 4.79 Å². The fourth-order valence-corrected chi connectivity index (χ4v) is 0.668. The minimum Gasteiger partial charge on any atom is -0.299 e. The van der Waals surface area contributed by atoms with Gasteiger partial charge in [0.2, 0.25) is 0 Å². The molecule has 1 aromatic rings. The Morgan fingerprint density at radius 3 is 1.71 bits per heavy atom. The van der Waals surface area contributed by atoms with Crippen molar-refractivity contribution in [2.24, 2.45) is 0 Å². The van der Waals surface area contributed by atoms with Gasteiger partial charge in [0.25, 0.3) is 0 Å². The molecule has 0 heterocycles. The molecule has 0 radical (unpaired) electrons. The Hall–Kier alpha value is -2.15. The van der Waals surface area contributed by atoms with Gasteiger partial charge in [-0.25, -0.2) is 0 Å². The number of hydrogen-bond donors (Lipinski definition) is 0. The molecule has 0 aromatic heterocycles. The molecular weight excluding hydrogens is 208 g/mol. The number of hydrogen-bond acceptors (Lipinski definition) is 1. The van der Waals surface area contributed by atoms with E-state index in [-0.39, 0.29) is 0 Å². The van der Waals surface area contributed by atoms with Crippen molar-refractivity contribution in [1.29, 1.82) is 0 Å². The van der Waals surface area contributed by atoms with Crippen LogP contribution < -0.4 is 0 Å². The molecule has 0 unspecified atom stereocenters. The minimum absolute atomic E-state index is 0.750. The molecule has 0 aliphatic heterocycles. The second kappa shape index (κ2) is 16.3. The van der Waals surface area contributed by atoms with Crippen molar-refractivity contribution in [3.05, 3.63) is 79.9 Å². The van der Waals surface area contributed by atoms with E-state index in [2.05, 4.69) is 19.7 Å². The van der Waals surface area contributed by atoms with Crippen LogP contribution in [-0.2, 0) is 4.79 Å². The summed E-state index contributed by atoms with van der Waals surface area (Å²) < 4.78 is 0. The molecule has 90 valence electrons. The molecule has 0 N–H and O–H groups in total. The topological polar surface area (TPSA) is 17.1 Å². The highest BCUT2D eigenvalue weighted by atomic mass is 16.1. The fraction of sp³-hybridized carbons (Fsp3) is 0.0625. The number of benzene rings is 1. The highest BCUT2D eigenvalue weighted by Crippen LogP contribution is 1.97. The Labute approximate surface area is 104 Å². The van der Waals surface area contributed by atoms with Crippen molar-refractivity contribution in [3.8, 4) is 0 Å². The van der Waals surface area contributed by atoms with Gasteiger partial charge in [0.1, 0.15) is 6.29 Å². The number of carbonyl (C=O) groups is 1. The first kappa shape index (κ1) is 17.3. The van der Waals surface area contributed by atoms with E-state index in [4.69, 9.17) is 0 Å². The average molecular weight is 228 g/mol. The van der Waals surface area contributed by atoms with E-state index >= 15 is 0 Å². The van der Waals surface area contributed by atoms with E-state index in [9.17, 15) is 4.79 Å². The Morgan fingerprint density at radius 2 is 1.53 bits per heavy atom. The third-order valence-electron chi connectivity index (χ3n) is 1.47. The zero-order chi connectivity index (χ0) is 13.4. The van der Waals surface area contributed by atoms with E-state index in [1.165, 1.54) is 11.6 Å². The maximum Gasteiger partial charge on any atom is 0.142 e. The molecular formula is C16H20O. The van der Waals surface area contributed by atoms with Crippen molar-refractivity contribution >= 4 is 12.4 Å². The van der Waals surface area contributed by atoms with Crippen molar-refractivity contribution in [2.45, 2.75) is 6.92 Å². The van der Waals surface area contributed by atoms with E-state index in [1.54, 1.807) is 25.2 Å². The quantitative estimate of drug-likeness (QED) is 0.424. The van der Waals surface area contributed by atoms with E-state index in [0.29, 0.717) is 0 Å². The molecule has 1 rings (SSSR count). The molecule has 0 fully saturated rings. The number of carbonyl (C=O) groups excluding carboxylic acids is 1. The highest BCUT2D eigenvalue weighted by molar-refractivity contribution is 5.64. The summed E-state index contributed by atoms with van der Waals surface area (Å²) in [5, 5.41) is 0. The number of rotatable bonds is 3. The molecule has 0 bridgehead atoms. The summed E-state index contributed by atoms with van der Waals surface area (Å²) in [5.74, 6) is 0. The Morgan fingerprint density at radius 1 is 1.00 bits per heavy atom. The first-order valence-electron chi connectivity index (χ1n) is 5.24. The summed E-state index contributed by atoms with van der Waals surface area (Å²) in [5.41, 5.74) is 1.17. The zero-order valence-electron chi connectivity index (χ0n) is 10.4. The maximum atomic E-state index is 9.32. The van der Waals surface area contributed by atoms with Crippen LogP contribution in [0.2, 0.25) is 0 Å². The lowest BCUT2D eigenvalue weighted by Crippen LogP contribution is -1.63. The van der Waals surface area contributed by atoms with Gasteiger partial charge in [-0.15, -0.1) is 0 Å². The van der Waals surface area contributed by atoms with Crippen LogP contribution >= 0.6 is 0 Å². The summed E-state index contributed by atoms with van der Waals surface area (Å²) in [6, 6.07) is 10.0. The standard InChI is InChI=1S/C8H8.C4H6O.C4H6/c1-2-8-6-4-3-5-7-8;1-2-3-4-5;1-3-4-2/h2-7H,1H2;2-4H,1H3;3-4H,1-2H2. The number of allylic oxidation sites excluding steroid dienone is 4. The smallest absolute Gasteiger partial charge is 0.142 e. The summed E-state index contributed by atoms with van der Waals surface area (Å²) >= 11 is 0. The molecule has 0 aliphatic carbocycles. The van der Waals surface area contributed by atoms with Gasteiger partial charge in [0, 0.05) is 0 Å². The average Bonchev–Trinajstić information content (AvgIpc) is 2.41. The molecule has 0 atom stereocenters. The predicted octanol–water partition coefficient (Wildman–Crippen LogP) is 4.45. The van der Waals surface area contributed by atoms with E-state index < -0.39 is 0 Å². The molecule has 0 saturated carbocycles. The monoisotopic (exact) mass is 228 g/mol.